The summed E-state index contributed by atoms with van der Waals surface area (Å²) in [5.41, 5.74) is 0.718. The van der Waals surface area contributed by atoms with Gasteiger partial charge in [0.1, 0.15) is 11.8 Å². The van der Waals surface area contributed by atoms with Gasteiger partial charge in [-0.3, -0.25) is 4.79 Å². The highest BCUT2D eigenvalue weighted by atomic mass is 32.2. The van der Waals surface area contributed by atoms with Crippen molar-refractivity contribution in [1.29, 1.82) is 0 Å². The van der Waals surface area contributed by atoms with E-state index in [1.807, 2.05) is 42.7 Å². The maximum absolute atomic E-state index is 12.1. The zero-order chi connectivity index (χ0) is 11.8. The summed E-state index contributed by atoms with van der Waals surface area (Å²) in [5.74, 6) is 0. The van der Waals surface area contributed by atoms with E-state index < -0.39 is 0 Å². The van der Waals surface area contributed by atoms with E-state index in [1.165, 1.54) is 11.8 Å². The average molecular weight is 242 g/mol. The molecule has 0 spiro atoms. The van der Waals surface area contributed by atoms with Crippen LogP contribution in [0.3, 0.4) is 0 Å². The van der Waals surface area contributed by atoms with Crippen molar-refractivity contribution in [2.75, 3.05) is 6.26 Å². The Balaban J connectivity index is 2.53. The van der Waals surface area contributed by atoms with Gasteiger partial charge in [-0.05, 0) is 17.7 Å². The molecular formula is C14H10O2S. The second kappa shape index (κ2) is 3.93. The number of hydrogen-bond donors (Lipinski definition) is 0. The van der Waals surface area contributed by atoms with Crippen LogP contribution in [0.2, 0.25) is 0 Å². The van der Waals surface area contributed by atoms with Crippen molar-refractivity contribution < 1.29 is 4.42 Å². The number of benzene rings is 2. The summed E-state index contributed by atoms with van der Waals surface area (Å²) in [5, 5.41) is 2.71. The van der Waals surface area contributed by atoms with Crippen LogP contribution in [0, 0.1) is 0 Å². The zero-order valence-corrected chi connectivity index (χ0v) is 10.1. The minimum absolute atomic E-state index is 0.0458. The van der Waals surface area contributed by atoms with E-state index in [1.54, 1.807) is 6.26 Å². The second-order valence-corrected chi connectivity index (χ2v) is 4.64. The van der Waals surface area contributed by atoms with Crippen LogP contribution >= 0.6 is 11.8 Å². The van der Waals surface area contributed by atoms with E-state index in [0.29, 0.717) is 15.9 Å². The lowest BCUT2D eigenvalue weighted by atomic mass is 10.1. The maximum atomic E-state index is 12.1. The first-order valence-corrected chi connectivity index (χ1v) is 6.51. The van der Waals surface area contributed by atoms with Crippen LogP contribution in [-0.4, -0.2) is 6.26 Å². The summed E-state index contributed by atoms with van der Waals surface area (Å²) < 4.78 is 5.61. The fourth-order valence-electron chi connectivity index (χ4n) is 1.99. The Hall–Kier alpha value is -1.74. The Morgan fingerprint density at radius 2 is 1.88 bits per heavy atom. The lowest BCUT2D eigenvalue weighted by Crippen LogP contribution is -2.03. The Bertz CT molecular complexity index is 759. The molecule has 0 aliphatic heterocycles. The van der Waals surface area contributed by atoms with Gasteiger partial charge in [-0.2, -0.15) is 0 Å². The predicted molar refractivity (Wildman–Crippen MR) is 71.8 cm³/mol. The van der Waals surface area contributed by atoms with Gasteiger partial charge in [-0.15, -0.1) is 11.8 Å². The molecule has 17 heavy (non-hydrogen) atoms. The first-order chi connectivity index (χ1) is 8.31. The van der Waals surface area contributed by atoms with E-state index >= 15 is 0 Å². The van der Waals surface area contributed by atoms with Crippen LogP contribution in [0.1, 0.15) is 0 Å². The molecule has 2 nitrogen and oxygen atoms in total. The van der Waals surface area contributed by atoms with Gasteiger partial charge in [0.05, 0.1) is 10.3 Å². The molecule has 0 radical (unpaired) electrons. The minimum Gasteiger partial charge on any atom is -0.462 e. The molecule has 84 valence electrons. The van der Waals surface area contributed by atoms with Crippen molar-refractivity contribution in [1.82, 2.24) is 0 Å². The van der Waals surface area contributed by atoms with E-state index in [2.05, 4.69) is 0 Å². The lowest BCUT2D eigenvalue weighted by molar-refractivity contribution is 0.591. The van der Waals surface area contributed by atoms with Gasteiger partial charge in [0.25, 0.3) is 0 Å². The summed E-state index contributed by atoms with van der Waals surface area (Å²) >= 11 is 1.41. The third-order valence-electron chi connectivity index (χ3n) is 2.85. The molecule has 0 N–H and O–H groups in total. The van der Waals surface area contributed by atoms with Crippen molar-refractivity contribution in [3.8, 4) is 0 Å². The van der Waals surface area contributed by atoms with E-state index in [-0.39, 0.29) is 5.43 Å². The van der Waals surface area contributed by atoms with Gasteiger partial charge in [-0.1, -0.05) is 30.3 Å². The van der Waals surface area contributed by atoms with E-state index in [4.69, 9.17) is 4.42 Å². The Labute approximate surface area is 102 Å². The van der Waals surface area contributed by atoms with E-state index in [0.717, 1.165) is 10.8 Å². The third kappa shape index (κ3) is 1.54. The van der Waals surface area contributed by atoms with Crippen molar-refractivity contribution in [2.24, 2.45) is 0 Å². The molecule has 2 aromatic carbocycles. The quantitative estimate of drug-likeness (QED) is 0.482. The number of thioether (sulfide) groups is 1. The molecule has 0 saturated heterocycles. The molecule has 1 heterocycles. The Morgan fingerprint density at radius 1 is 1.06 bits per heavy atom. The molecule has 0 bridgehead atoms. The van der Waals surface area contributed by atoms with E-state index in [9.17, 15) is 4.79 Å². The normalized spacial score (nSPS) is 11.1. The van der Waals surface area contributed by atoms with Crippen LogP contribution in [0.15, 0.2) is 56.8 Å². The van der Waals surface area contributed by atoms with Gasteiger partial charge in [-0.25, -0.2) is 0 Å². The molecule has 0 fully saturated rings. The average Bonchev–Trinajstić information content (AvgIpc) is 2.39. The highest BCUT2D eigenvalue weighted by molar-refractivity contribution is 7.98. The largest absolute Gasteiger partial charge is 0.462 e. The van der Waals surface area contributed by atoms with Crippen molar-refractivity contribution in [3.05, 3.63) is 52.9 Å². The van der Waals surface area contributed by atoms with Crippen LogP contribution in [-0.2, 0) is 0 Å². The molecule has 0 unspecified atom stereocenters. The summed E-state index contributed by atoms with van der Waals surface area (Å²) in [7, 11) is 0. The molecule has 3 aromatic rings. The standard InChI is InChI=1S/C14H10O2S/c1-17-12-8-16-14-10-5-3-2-4-9(10)6-7-11(14)13(12)15/h2-8H,1H3. The van der Waals surface area contributed by atoms with Crippen LogP contribution in [0.4, 0.5) is 0 Å². The number of fused-ring (bicyclic) bond motifs is 3. The molecule has 0 aliphatic rings. The van der Waals surface area contributed by atoms with Crippen molar-refractivity contribution in [3.63, 3.8) is 0 Å². The molecule has 1 aromatic heterocycles. The van der Waals surface area contributed by atoms with Gasteiger partial charge in [0.15, 0.2) is 0 Å². The zero-order valence-electron chi connectivity index (χ0n) is 9.27. The van der Waals surface area contributed by atoms with Crippen LogP contribution in [0.25, 0.3) is 21.7 Å². The second-order valence-electron chi connectivity index (χ2n) is 3.80. The Kier molecular flexibility index (Phi) is 2.41. The fourth-order valence-corrected chi connectivity index (χ4v) is 2.43. The van der Waals surface area contributed by atoms with Gasteiger partial charge in [0, 0.05) is 5.39 Å². The molecule has 0 saturated carbocycles. The fraction of sp³-hybridized carbons (Fsp3) is 0.0714. The highest BCUT2D eigenvalue weighted by Gasteiger charge is 2.08. The monoisotopic (exact) mass is 242 g/mol. The maximum Gasteiger partial charge on any atom is 0.206 e. The van der Waals surface area contributed by atoms with Crippen molar-refractivity contribution >= 4 is 33.5 Å². The molecule has 3 heteroatoms. The van der Waals surface area contributed by atoms with Crippen LogP contribution in [0.5, 0.6) is 0 Å². The molecule has 0 aliphatic carbocycles. The Morgan fingerprint density at radius 3 is 2.71 bits per heavy atom. The summed E-state index contributed by atoms with van der Waals surface area (Å²) in [6.45, 7) is 0. The van der Waals surface area contributed by atoms with Gasteiger partial charge >= 0.3 is 0 Å². The van der Waals surface area contributed by atoms with Gasteiger partial charge < -0.3 is 4.42 Å². The SMILES string of the molecule is CSc1coc2c(ccc3ccccc32)c1=O. The lowest BCUT2D eigenvalue weighted by Gasteiger charge is -2.03. The minimum atomic E-state index is 0.0458. The number of rotatable bonds is 1. The summed E-state index contributed by atoms with van der Waals surface area (Å²) in [4.78, 5) is 12.8. The molecule has 3 rings (SSSR count). The molecular weight excluding hydrogens is 232 g/mol. The summed E-state index contributed by atoms with van der Waals surface area (Å²) in [6, 6.07) is 11.7. The first-order valence-electron chi connectivity index (χ1n) is 5.28. The predicted octanol–water partition coefficient (Wildman–Crippen LogP) is 3.67. The van der Waals surface area contributed by atoms with Gasteiger partial charge in [0.2, 0.25) is 5.43 Å². The highest BCUT2D eigenvalue weighted by Crippen LogP contribution is 2.25. The smallest absolute Gasteiger partial charge is 0.206 e. The number of hydrogen-bond acceptors (Lipinski definition) is 3. The molecule has 0 atom stereocenters. The topological polar surface area (TPSA) is 30.2 Å². The third-order valence-corrected chi connectivity index (χ3v) is 3.57. The van der Waals surface area contributed by atoms with Crippen LogP contribution < -0.4 is 5.43 Å². The summed E-state index contributed by atoms with van der Waals surface area (Å²) in [6.07, 6.45) is 3.42. The first kappa shape index (κ1) is 10.4. The van der Waals surface area contributed by atoms with Crippen molar-refractivity contribution in [2.45, 2.75) is 4.90 Å². The molecule has 0 amide bonds.